The third-order valence-electron chi connectivity index (χ3n) is 2.58. The molecule has 2 rings (SSSR count). The lowest BCUT2D eigenvalue weighted by molar-refractivity contribution is 0.163. The summed E-state index contributed by atoms with van der Waals surface area (Å²) in [5.74, 6) is 1.36. The molecule has 1 aliphatic heterocycles. The quantitative estimate of drug-likeness (QED) is 0.900. The van der Waals surface area contributed by atoms with Crippen molar-refractivity contribution in [2.24, 2.45) is 5.92 Å². The highest BCUT2D eigenvalue weighted by atomic mass is 79.9. The number of thioether (sulfide) groups is 1. The molecule has 0 fully saturated rings. The normalized spacial score (nSPS) is 25.5. The first kappa shape index (κ1) is 11.2. The van der Waals surface area contributed by atoms with Gasteiger partial charge in [-0.25, -0.2) is 0 Å². The fraction of sp³-hybridized carbons (Fsp3) is 0.333. The summed E-state index contributed by atoms with van der Waals surface area (Å²) in [5.41, 5.74) is 1.29. The van der Waals surface area contributed by atoms with Gasteiger partial charge in [0, 0.05) is 16.1 Å². The van der Waals surface area contributed by atoms with Crippen molar-refractivity contribution in [2.75, 3.05) is 5.75 Å². The average Bonchev–Trinajstić information content (AvgIpc) is 2.25. The minimum Gasteiger partial charge on any atom is -0.389 e. The van der Waals surface area contributed by atoms with Crippen LogP contribution >= 0.6 is 27.7 Å². The monoisotopic (exact) mass is 284 g/mol. The molecule has 0 unspecified atom stereocenters. The van der Waals surface area contributed by atoms with Crippen LogP contribution in [-0.2, 0) is 6.42 Å². The van der Waals surface area contributed by atoms with Crippen molar-refractivity contribution in [1.29, 1.82) is 0 Å². The first-order valence-corrected chi connectivity index (χ1v) is 6.80. The van der Waals surface area contributed by atoms with Gasteiger partial charge in [0.1, 0.15) is 0 Å². The maximum atomic E-state index is 9.78. The summed E-state index contributed by atoms with van der Waals surface area (Å²) in [5, 5.41) is 11.8. The predicted octanol–water partition coefficient (Wildman–Crippen LogP) is 3.23. The lowest BCUT2D eigenvalue weighted by Crippen LogP contribution is -2.24. The molecule has 0 amide bonds. The minimum absolute atomic E-state index is 0.283. The third-order valence-corrected chi connectivity index (χ3v) is 4.08. The molecule has 1 heterocycles. The number of hydrogen-bond donors (Lipinski definition) is 1. The van der Waals surface area contributed by atoms with E-state index in [0.29, 0.717) is 5.92 Å². The van der Waals surface area contributed by atoms with Gasteiger partial charge in [-0.3, -0.25) is 0 Å². The minimum atomic E-state index is -0.283. The molecule has 1 aromatic carbocycles. The van der Waals surface area contributed by atoms with Crippen LogP contribution < -0.4 is 0 Å². The van der Waals surface area contributed by atoms with Gasteiger partial charge in [0.15, 0.2) is 0 Å². The van der Waals surface area contributed by atoms with E-state index in [1.165, 1.54) is 5.56 Å². The van der Waals surface area contributed by atoms with Gasteiger partial charge in [-0.05, 0) is 35.6 Å². The van der Waals surface area contributed by atoms with Gasteiger partial charge in [0.25, 0.3) is 0 Å². The van der Waals surface area contributed by atoms with Crippen LogP contribution in [0.4, 0.5) is 0 Å². The number of benzene rings is 1. The smallest absolute Gasteiger partial charge is 0.0768 e. The molecule has 0 radical (unpaired) electrons. The van der Waals surface area contributed by atoms with Crippen LogP contribution in [0.25, 0.3) is 0 Å². The van der Waals surface area contributed by atoms with Gasteiger partial charge in [0.05, 0.1) is 6.10 Å². The van der Waals surface area contributed by atoms with Gasteiger partial charge in [-0.1, -0.05) is 28.1 Å². The first-order chi connectivity index (χ1) is 7.25. The number of aliphatic hydroxyl groups excluding tert-OH is 1. The zero-order valence-corrected chi connectivity index (χ0v) is 10.7. The highest BCUT2D eigenvalue weighted by Crippen LogP contribution is 2.24. The van der Waals surface area contributed by atoms with E-state index < -0.39 is 0 Å². The van der Waals surface area contributed by atoms with Gasteiger partial charge in [-0.15, -0.1) is 11.8 Å². The van der Waals surface area contributed by atoms with Crippen LogP contribution in [0.5, 0.6) is 0 Å². The van der Waals surface area contributed by atoms with Crippen molar-refractivity contribution in [3.05, 3.63) is 45.8 Å². The summed E-state index contributed by atoms with van der Waals surface area (Å²) in [7, 11) is 0. The highest BCUT2D eigenvalue weighted by Gasteiger charge is 2.19. The van der Waals surface area contributed by atoms with E-state index in [2.05, 4.69) is 28.1 Å². The van der Waals surface area contributed by atoms with E-state index in [0.717, 1.165) is 16.6 Å². The molecule has 1 aliphatic rings. The topological polar surface area (TPSA) is 20.2 Å². The lowest BCUT2D eigenvalue weighted by atomic mass is 9.95. The fourth-order valence-electron chi connectivity index (χ4n) is 1.67. The zero-order valence-electron chi connectivity index (χ0n) is 8.27. The van der Waals surface area contributed by atoms with Crippen molar-refractivity contribution in [1.82, 2.24) is 0 Å². The SMILES string of the molecule is O[C@H]1C=CSC[C@H]1Cc1ccc(Br)cc1. The molecule has 0 saturated heterocycles. The van der Waals surface area contributed by atoms with E-state index in [1.54, 1.807) is 11.8 Å². The Morgan fingerprint density at radius 2 is 2.07 bits per heavy atom. The molecule has 0 bridgehead atoms. The van der Waals surface area contributed by atoms with Crippen LogP contribution in [0.1, 0.15) is 5.56 Å². The third kappa shape index (κ3) is 3.10. The summed E-state index contributed by atoms with van der Waals surface area (Å²) >= 11 is 5.20. The molecule has 0 aliphatic carbocycles. The summed E-state index contributed by atoms with van der Waals surface area (Å²) in [4.78, 5) is 0. The number of aliphatic hydroxyl groups is 1. The van der Waals surface area contributed by atoms with Crippen LogP contribution in [0, 0.1) is 5.92 Å². The van der Waals surface area contributed by atoms with E-state index in [9.17, 15) is 5.11 Å². The largest absolute Gasteiger partial charge is 0.389 e. The molecule has 1 N–H and O–H groups in total. The molecular formula is C12H13BrOS. The second-order valence-corrected chi connectivity index (χ2v) is 5.60. The van der Waals surface area contributed by atoms with Crippen molar-refractivity contribution in [3.63, 3.8) is 0 Å². The van der Waals surface area contributed by atoms with E-state index in [1.807, 2.05) is 23.6 Å². The summed E-state index contributed by atoms with van der Waals surface area (Å²) in [6.45, 7) is 0. The van der Waals surface area contributed by atoms with Crippen LogP contribution in [0.3, 0.4) is 0 Å². The molecule has 1 nitrogen and oxygen atoms in total. The summed E-state index contributed by atoms with van der Waals surface area (Å²) in [6, 6.07) is 8.32. The number of rotatable bonds is 2. The second-order valence-electron chi connectivity index (χ2n) is 3.74. The van der Waals surface area contributed by atoms with Crippen molar-refractivity contribution in [2.45, 2.75) is 12.5 Å². The molecule has 15 heavy (non-hydrogen) atoms. The predicted molar refractivity (Wildman–Crippen MR) is 68.9 cm³/mol. The fourth-order valence-corrected chi connectivity index (χ4v) is 2.88. The standard InChI is InChI=1S/C12H13BrOS/c13-11-3-1-9(2-4-11)7-10-8-15-6-5-12(10)14/h1-6,10,12,14H,7-8H2/t10-,12+/m1/s1. The Morgan fingerprint density at radius 1 is 1.33 bits per heavy atom. The number of halogens is 1. The van der Waals surface area contributed by atoms with Crippen molar-refractivity contribution in [3.8, 4) is 0 Å². The van der Waals surface area contributed by atoms with Crippen LogP contribution in [0.2, 0.25) is 0 Å². The molecule has 2 atom stereocenters. The maximum absolute atomic E-state index is 9.78. The summed E-state index contributed by atoms with van der Waals surface area (Å²) in [6.07, 6.45) is 2.55. The van der Waals surface area contributed by atoms with Gasteiger partial charge in [-0.2, -0.15) is 0 Å². The Labute approximate surface area is 103 Å². The Bertz CT molecular complexity index is 347. The zero-order chi connectivity index (χ0) is 10.7. The molecule has 0 aromatic heterocycles. The Hall–Kier alpha value is -0.250. The molecular weight excluding hydrogens is 272 g/mol. The second kappa shape index (κ2) is 5.19. The van der Waals surface area contributed by atoms with Crippen LogP contribution in [-0.4, -0.2) is 17.0 Å². The maximum Gasteiger partial charge on any atom is 0.0768 e. The van der Waals surface area contributed by atoms with E-state index >= 15 is 0 Å². The van der Waals surface area contributed by atoms with E-state index in [-0.39, 0.29) is 6.10 Å². The Balaban J connectivity index is 2.02. The Kier molecular flexibility index (Phi) is 3.89. The lowest BCUT2D eigenvalue weighted by Gasteiger charge is -2.22. The molecule has 0 spiro atoms. The molecule has 3 heteroatoms. The first-order valence-electron chi connectivity index (χ1n) is 4.96. The van der Waals surface area contributed by atoms with Gasteiger partial charge < -0.3 is 5.11 Å². The van der Waals surface area contributed by atoms with Gasteiger partial charge >= 0.3 is 0 Å². The van der Waals surface area contributed by atoms with Crippen molar-refractivity contribution < 1.29 is 5.11 Å². The summed E-state index contributed by atoms with van der Waals surface area (Å²) < 4.78 is 1.10. The van der Waals surface area contributed by atoms with Gasteiger partial charge in [0.2, 0.25) is 0 Å². The molecule has 80 valence electrons. The molecule has 0 saturated carbocycles. The number of hydrogen-bond acceptors (Lipinski definition) is 2. The highest BCUT2D eigenvalue weighted by molar-refractivity contribution is 9.10. The Morgan fingerprint density at radius 3 is 2.73 bits per heavy atom. The van der Waals surface area contributed by atoms with E-state index in [4.69, 9.17) is 0 Å². The average molecular weight is 285 g/mol. The van der Waals surface area contributed by atoms with Crippen LogP contribution in [0.15, 0.2) is 40.2 Å². The van der Waals surface area contributed by atoms with Crippen molar-refractivity contribution >= 4 is 27.7 Å². The molecule has 1 aromatic rings.